The molecule has 0 heterocycles. The van der Waals surface area contributed by atoms with Crippen molar-refractivity contribution >= 4 is 5.78 Å². The van der Waals surface area contributed by atoms with E-state index in [1.54, 1.807) is 12.1 Å². The van der Waals surface area contributed by atoms with Gasteiger partial charge in [0, 0.05) is 5.56 Å². The molecule has 0 saturated carbocycles. The quantitative estimate of drug-likeness (QED) is 0.725. The topological polar surface area (TPSA) is 17.1 Å². The minimum Gasteiger partial charge on any atom is -0.288 e. The third-order valence-electron chi connectivity index (χ3n) is 3.52. The van der Waals surface area contributed by atoms with E-state index in [1.807, 2.05) is 12.1 Å². The Bertz CT molecular complexity index is 680. The smallest absolute Gasteiger partial charge is 0.198 e. The van der Waals surface area contributed by atoms with E-state index in [-0.39, 0.29) is 16.5 Å². The maximum atomic E-state index is 14.0. The van der Waals surface area contributed by atoms with Crippen molar-refractivity contribution in [2.45, 2.75) is 33.1 Å². The summed E-state index contributed by atoms with van der Waals surface area (Å²) in [5, 5.41) is 0. The summed E-state index contributed by atoms with van der Waals surface area (Å²) < 4.78 is 27.8. The summed E-state index contributed by atoms with van der Waals surface area (Å²) in [6.07, 6.45) is 0. The van der Waals surface area contributed by atoms with Crippen molar-refractivity contribution in [1.29, 1.82) is 0 Å². The van der Waals surface area contributed by atoms with Gasteiger partial charge in [0.05, 0.1) is 5.56 Å². The molecule has 3 heteroatoms. The van der Waals surface area contributed by atoms with Crippen LogP contribution in [0.25, 0.3) is 0 Å². The number of rotatable bonds is 2. The molecule has 0 spiro atoms. The van der Waals surface area contributed by atoms with E-state index in [2.05, 4.69) is 20.8 Å². The lowest BCUT2D eigenvalue weighted by atomic mass is 9.86. The van der Waals surface area contributed by atoms with Crippen molar-refractivity contribution in [3.63, 3.8) is 0 Å². The average Bonchev–Trinajstić information content (AvgIpc) is 2.42. The molecule has 0 fully saturated rings. The fourth-order valence-corrected chi connectivity index (χ4v) is 2.13. The van der Waals surface area contributed by atoms with Crippen LogP contribution >= 0.6 is 0 Å². The van der Waals surface area contributed by atoms with Crippen molar-refractivity contribution in [3.05, 3.63) is 70.3 Å². The Morgan fingerprint density at radius 1 is 0.952 bits per heavy atom. The highest BCUT2D eigenvalue weighted by Crippen LogP contribution is 2.24. The molecule has 0 atom stereocenters. The number of hydrogen-bond acceptors (Lipinski definition) is 1. The first-order valence-electron chi connectivity index (χ1n) is 6.81. The summed E-state index contributed by atoms with van der Waals surface area (Å²) in [5.74, 6) is -2.25. The first-order chi connectivity index (χ1) is 9.71. The minimum absolute atomic E-state index is 0.0403. The first kappa shape index (κ1) is 15.4. The third kappa shape index (κ3) is 3.02. The second-order valence-electron chi connectivity index (χ2n) is 6.21. The van der Waals surface area contributed by atoms with Crippen LogP contribution in [0.5, 0.6) is 0 Å². The van der Waals surface area contributed by atoms with Gasteiger partial charge in [0.2, 0.25) is 0 Å². The number of carbonyl (C=O) groups is 1. The Morgan fingerprint density at radius 2 is 1.52 bits per heavy atom. The monoisotopic (exact) mass is 288 g/mol. The highest BCUT2D eigenvalue weighted by molar-refractivity contribution is 6.09. The molecule has 0 N–H and O–H groups in total. The number of benzene rings is 2. The van der Waals surface area contributed by atoms with Crippen molar-refractivity contribution in [1.82, 2.24) is 0 Å². The predicted molar refractivity (Wildman–Crippen MR) is 79.7 cm³/mol. The number of ketones is 1. The lowest BCUT2D eigenvalue weighted by molar-refractivity contribution is 0.103. The molecule has 2 rings (SSSR count). The molecule has 2 aromatic rings. The van der Waals surface area contributed by atoms with Crippen LogP contribution < -0.4 is 0 Å². The lowest BCUT2D eigenvalue weighted by Gasteiger charge is -2.19. The van der Waals surface area contributed by atoms with Crippen molar-refractivity contribution in [3.8, 4) is 0 Å². The van der Waals surface area contributed by atoms with Gasteiger partial charge in [-0.2, -0.15) is 0 Å². The van der Waals surface area contributed by atoms with Crippen LogP contribution in [-0.2, 0) is 5.41 Å². The van der Waals surface area contributed by atoms with Gasteiger partial charge < -0.3 is 0 Å². The van der Waals surface area contributed by atoms with Gasteiger partial charge in [-0.3, -0.25) is 4.79 Å². The normalized spacial score (nSPS) is 11.5. The van der Waals surface area contributed by atoms with Gasteiger partial charge in [-0.15, -0.1) is 0 Å². The number of aryl methyl sites for hydroxylation is 1. The molecule has 0 unspecified atom stereocenters. The average molecular weight is 288 g/mol. The van der Waals surface area contributed by atoms with Crippen LogP contribution in [0.2, 0.25) is 0 Å². The minimum atomic E-state index is -0.831. The number of hydrogen-bond donors (Lipinski definition) is 0. The van der Waals surface area contributed by atoms with Crippen LogP contribution in [0, 0.1) is 18.6 Å². The van der Waals surface area contributed by atoms with Crippen LogP contribution in [-0.4, -0.2) is 5.78 Å². The highest BCUT2D eigenvalue weighted by atomic mass is 19.1. The highest BCUT2D eigenvalue weighted by Gasteiger charge is 2.21. The molecule has 0 radical (unpaired) electrons. The van der Waals surface area contributed by atoms with Gasteiger partial charge >= 0.3 is 0 Å². The zero-order valence-electron chi connectivity index (χ0n) is 12.6. The zero-order valence-corrected chi connectivity index (χ0v) is 12.6. The molecule has 0 aliphatic rings. The fourth-order valence-electron chi connectivity index (χ4n) is 2.13. The van der Waals surface area contributed by atoms with Crippen molar-refractivity contribution in [2.24, 2.45) is 0 Å². The van der Waals surface area contributed by atoms with Crippen LogP contribution in [0.4, 0.5) is 8.78 Å². The van der Waals surface area contributed by atoms with Gasteiger partial charge in [0.25, 0.3) is 0 Å². The number of halogens is 2. The molecular formula is C18H18F2O. The maximum Gasteiger partial charge on any atom is 0.198 e. The molecule has 2 aromatic carbocycles. The Hall–Kier alpha value is -2.03. The van der Waals surface area contributed by atoms with E-state index >= 15 is 0 Å². The molecule has 0 aliphatic carbocycles. The summed E-state index contributed by atoms with van der Waals surface area (Å²) in [7, 11) is 0. The molecule has 0 amide bonds. The maximum absolute atomic E-state index is 14.0. The largest absolute Gasteiger partial charge is 0.288 e. The van der Waals surface area contributed by atoms with E-state index < -0.39 is 23.0 Å². The summed E-state index contributed by atoms with van der Waals surface area (Å²) in [6, 6.07) is 9.31. The van der Waals surface area contributed by atoms with Gasteiger partial charge in [-0.05, 0) is 29.5 Å². The van der Waals surface area contributed by atoms with Crippen molar-refractivity contribution < 1.29 is 13.6 Å². The summed E-state index contributed by atoms with van der Waals surface area (Å²) in [5.41, 5.74) is 1.07. The predicted octanol–water partition coefficient (Wildman–Crippen LogP) is 4.80. The van der Waals surface area contributed by atoms with E-state index in [9.17, 15) is 13.6 Å². The van der Waals surface area contributed by atoms with E-state index in [0.717, 1.165) is 11.6 Å². The summed E-state index contributed by atoms with van der Waals surface area (Å²) in [4.78, 5) is 12.3. The lowest BCUT2D eigenvalue weighted by Crippen LogP contribution is -2.12. The van der Waals surface area contributed by atoms with Gasteiger partial charge in [-0.25, -0.2) is 8.78 Å². The SMILES string of the molecule is Cc1ccc(F)c(C(=O)c2ccc(C(C)(C)C)cc2)c1F. The Morgan fingerprint density at radius 3 is 2.05 bits per heavy atom. The van der Waals surface area contributed by atoms with Crippen LogP contribution in [0.1, 0.15) is 47.8 Å². The molecular weight excluding hydrogens is 270 g/mol. The molecule has 0 bridgehead atoms. The zero-order chi connectivity index (χ0) is 15.8. The molecule has 0 aliphatic heterocycles. The second kappa shape index (κ2) is 5.40. The van der Waals surface area contributed by atoms with Crippen LogP contribution in [0.15, 0.2) is 36.4 Å². The fraction of sp³-hybridized carbons (Fsp3) is 0.278. The molecule has 110 valence electrons. The van der Waals surface area contributed by atoms with E-state index in [1.165, 1.54) is 13.0 Å². The first-order valence-corrected chi connectivity index (χ1v) is 6.81. The summed E-state index contributed by atoms with van der Waals surface area (Å²) in [6.45, 7) is 7.69. The molecule has 21 heavy (non-hydrogen) atoms. The standard InChI is InChI=1S/C18H18F2O/c1-11-5-10-14(19)15(16(11)20)17(21)12-6-8-13(9-7-12)18(2,3)4/h5-10H,1-4H3. The van der Waals surface area contributed by atoms with Gasteiger partial charge in [0.15, 0.2) is 5.78 Å². The third-order valence-corrected chi connectivity index (χ3v) is 3.52. The Balaban J connectivity index is 2.44. The van der Waals surface area contributed by atoms with Crippen LogP contribution in [0.3, 0.4) is 0 Å². The van der Waals surface area contributed by atoms with E-state index in [0.29, 0.717) is 0 Å². The molecule has 0 aromatic heterocycles. The second-order valence-corrected chi connectivity index (χ2v) is 6.21. The summed E-state index contributed by atoms with van der Waals surface area (Å²) >= 11 is 0. The van der Waals surface area contributed by atoms with E-state index in [4.69, 9.17) is 0 Å². The Kier molecular flexibility index (Phi) is 3.95. The van der Waals surface area contributed by atoms with Gasteiger partial charge in [-0.1, -0.05) is 51.1 Å². The van der Waals surface area contributed by atoms with Gasteiger partial charge in [0.1, 0.15) is 11.6 Å². The molecule has 0 saturated heterocycles. The number of carbonyl (C=O) groups excluding carboxylic acids is 1. The van der Waals surface area contributed by atoms with Crippen molar-refractivity contribution in [2.75, 3.05) is 0 Å². The molecule has 1 nitrogen and oxygen atoms in total. The Labute approximate surface area is 123 Å².